The third-order valence-corrected chi connectivity index (χ3v) is 9.07. The SMILES string of the molecule is C1=c2ccccc2=CC2c3c(cc(-c4ccc(-c5ccccc5)cc4)nc3C3N=C(c4ccccc4)N=C(c4ccccc4)N3)OC12. The lowest BCUT2D eigenvalue weighted by Crippen LogP contribution is -2.36. The van der Waals surface area contributed by atoms with Gasteiger partial charge < -0.3 is 10.1 Å². The highest BCUT2D eigenvalue weighted by Gasteiger charge is 2.39. The van der Waals surface area contributed by atoms with Crippen molar-refractivity contribution in [2.45, 2.75) is 18.2 Å². The summed E-state index contributed by atoms with van der Waals surface area (Å²) < 4.78 is 6.74. The molecule has 0 saturated heterocycles. The van der Waals surface area contributed by atoms with Crippen molar-refractivity contribution >= 4 is 23.8 Å². The lowest BCUT2D eigenvalue weighted by molar-refractivity contribution is 0.288. The van der Waals surface area contributed by atoms with Gasteiger partial charge >= 0.3 is 0 Å². The Balaban J connectivity index is 1.21. The van der Waals surface area contributed by atoms with Crippen LogP contribution in [0.25, 0.3) is 34.5 Å². The Kier molecular flexibility index (Phi) is 6.60. The molecule has 0 radical (unpaired) electrons. The van der Waals surface area contributed by atoms with E-state index in [1.165, 1.54) is 16.0 Å². The zero-order valence-corrected chi connectivity index (χ0v) is 25.5. The molecule has 0 amide bonds. The summed E-state index contributed by atoms with van der Waals surface area (Å²) in [5.74, 6) is 2.28. The molecule has 5 heteroatoms. The van der Waals surface area contributed by atoms with Gasteiger partial charge in [0.15, 0.2) is 12.0 Å². The second kappa shape index (κ2) is 11.4. The Hall–Kier alpha value is -6.07. The van der Waals surface area contributed by atoms with Crippen LogP contribution in [-0.4, -0.2) is 22.8 Å². The summed E-state index contributed by atoms with van der Waals surface area (Å²) in [6.07, 6.45) is 3.95. The Bertz CT molecular complexity index is 2300. The molecule has 3 unspecified atom stereocenters. The largest absolute Gasteiger partial charge is 0.485 e. The van der Waals surface area contributed by atoms with E-state index in [9.17, 15) is 0 Å². The first-order chi connectivity index (χ1) is 23.3. The van der Waals surface area contributed by atoms with Gasteiger partial charge in [0.05, 0.1) is 11.4 Å². The van der Waals surface area contributed by atoms with Gasteiger partial charge in [-0.3, -0.25) is 0 Å². The van der Waals surface area contributed by atoms with Crippen LogP contribution in [0.5, 0.6) is 5.75 Å². The molecule has 1 aliphatic carbocycles. The molecule has 0 bridgehead atoms. The number of nitrogens with one attached hydrogen (secondary N) is 1. The lowest BCUT2D eigenvalue weighted by Gasteiger charge is -2.25. The van der Waals surface area contributed by atoms with Crippen LogP contribution in [0, 0.1) is 0 Å². The number of amidine groups is 2. The van der Waals surface area contributed by atoms with Crippen molar-refractivity contribution < 1.29 is 4.74 Å². The summed E-state index contributed by atoms with van der Waals surface area (Å²) in [5, 5.41) is 6.05. The molecule has 1 aromatic heterocycles. The minimum Gasteiger partial charge on any atom is -0.485 e. The molecule has 3 heterocycles. The topological polar surface area (TPSA) is 58.9 Å². The molecule has 5 aromatic carbocycles. The maximum atomic E-state index is 6.74. The zero-order valence-electron chi connectivity index (χ0n) is 25.5. The predicted molar refractivity (Wildman–Crippen MR) is 189 cm³/mol. The highest BCUT2D eigenvalue weighted by molar-refractivity contribution is 6.13. The van der Waals surface area contributed by atoms with E-state index in [-0.39, 0.29) is 12.0 Å². The Morgan fingerprint density at radius 1 is 0.553 bits per heavy atom. The number of nitrogens with zero attached hydrogens (tertiary/aromatic N) is 3. The Morgan fingerprint density at radius 2 is 1.13 bits per heavy atom. The van der Waals surface area contributed by atoms with Crippen molar-refractivity contribution in [1.82, 2.24) is 10.3 Å². The van der Waals surface area contributed by atoms with Crippen molar-refractivity contribution in [3.63, 3.8) is 0 Å². The number of ether oxygens (including phenoxy) is 1. The lowest BCUT2D eigenvalue weighted by atomic mass is 9.88. The molecule has 5 nitrogen and oxygen atoms in total. The van der Waals surface area contributed by atoms with Gasteiger partial charge in [-0.1, -0.05) is 146 Å². The molecule has 2 aliphatic heterocycles. The standard InChI is InChI=1S/C42H30N4O/c1-4-12-27(13-5-1)28-20-22-29(23-21-28)35-26-37-38(34-24-32-18-10-11-19-33(32)25-36(34)47-37)39(43-35)42-45-40(30-14-6-2-7-15-30)44-41(46-42)31-16-8-3-9-17-31/h1-26,34,36,42H,(H,44,45,46). The Morgan fingerprint density at radius 3 is 1.83 bits per heavy atom. The monoisotopic (exact) mass is 606 g/mol. The average molecular weight is 607 g/mol. The fourth-order valence-electron chi connectivity index (χ4n) is 6.74. The van der Waals surface area contributed by atoms with Crippen LogP contribution in [0.2, 0.25) is 0 Å². The average Bonchev–Trinajstić information content (AvgIpc) is 3.51. The van der Waals surface area contributed by atoms with Crippen molar-refractivity contribution in [2.75, 3.05) is 0 Å². The first-order valence-corrected chi connectivity index (χ1v) is 16.0. The number of benzene rings is 5. The van der Waals surface area contributed by atoms with Crippen LogP contribution in [0.15, 0.2) is 156 Å². The minimum absolute atomic E-state index is 0.00752. The summed E-state index contributed by atoms with van der Waals surface area (Å²) in [6.45, 7) is 0. The van der Waals surface area contributed by atoms with Crippen molar-refractivity contribution in [2.24, 2.45) is 9.98 Å². The van der Waals surface area contributed by atoms with Crippen LogP contribution in [0.3, 0.4) is 0 Å². The molecule has 1 N–H and O–H groups in total. The van der Waals surface area contributed by atoms with E-state index < -0.39 is 6.17 Å². The molecular formula is C42H30N4O. The number of pyridine rings is 1. The van der Waals surface area contributed by atoms with E-state index in [1.807, 2.05) is 42.5 Å². The first kappa shape index (κ1) is 27.3. The number of hydrogen-bond acceptors (Lipinski definition) is 5. The molecule has 47 heavy (non-hydrogen) atoms. The van der Waals surface area contributed by atoms with Gasteiger partial charge in [-0.25, -0.2) is 15.0 Å². The summed E-state index contributed by atoms with van der Waals surface area (Å²) >= 11 is 0. The van der Waals surface area contributed by atoms with Crippen molar-refractivity contribution in [3.8, 4) is 28.1 Å². The number of aromatic nitrogens is 1. The van der Waals surface area contributed by atoms with Crippen LogP contribution in [0.1, 0.15) is 34.5 Å². The van der Waals surface area contributed by atoms with Crippen LogP contribution in [-0.2, 0) is 0 Å². The van der Waals surface area contributed by atoms with Gasteiger partial charge in [-0.15, -0.1) is 0 Å². The number of fused-ring (bicyclic) bond motifs is 4. The molecule has 0 fully saturated rings. The third kappa shape index (κ3) is 5.02. The highest BCUT2D eigenvalue weighted by atomic mass is 16.5. The first-order valence-electron chi connectivity index (χ1n) is 16.0. The second-order valence-electron chi connectivity index (χ2n) is 12.0. The minimum atomic E-state index is -0.483. The normalized spacial score (nSPS) is 18.9. The molecule has 224 valence electrons. The number of hydrogen-bond donors (Lipinski definition) is 1. The predicted octanol–water partition coefficient (Wildman–Crippen LogP) is 7.03. The summed E-state index contributed by atoms with van der Waals surface area (Å²) in [7, 11) is 0. The van der Waals surface area contributed by atoms with Gasteiger partial charge in [0.1, 0.15) is 17.7 Å². The number of aliphatic imine (C=N–C) groups is 2. The molecule has 6 aromatic rings. The van der Waals surface area contributed by atoms with Gasteiger partial charge in [-0.05, 0) is 27.6 Å². The van der Waals surface area contributed by atoms with E-state index in [1.54, 1.807) is 0 Å². The van der Waals surface area contributed by atoms with Gasteiger partial charge in [0.2, 0.25) is 0 Å². The smallest absolute Gasteiger partial charge is 0.165 e. The van der Waals surface area contributed by atoms with E-state index in [4.69, 9.17) is 19.7 Å². The van der Waals surface area contributed by atoms with Crippen molar-refractivity contribution in [3.05, 3.63) is 178 Å². The van der Waals surface area contributed by atoms with Crippen LogP contribution >= 0.6 is 0 Å². The van der Waals surface area contributed by atoms with E-state index in [0.29, 0.717) is 5.84 Å². The fraction of sp³-hybridized carbons (Fsp3) is 0.0714. The molecule has 3 aliphatic rings. The molecule has 3 atom stereocenters. The molecule has 0 spiro atoms. The molecule has 0 saturated carbocycles. The molecule has 9 rings (SSSR count). The van der Waals surface area contributed by atoms with E-state index >= 15 is 0 Å². The summed E-state index contributed by atoms with van der Waals surface area (Å²) in [5.41, 5.74) is 8.06. The maximum absolute atomic E-state index is 6.74. The van der Waals surface area contributed by atoms with Gasteiger partial charge in [0, 0.05) is 34.2 Å². The van der Waals surface area contributed by atoms with E-state index in [0.717, 1.165) is 50.8 Å². The zero-order chi connectivity index (χ0) is 31.2. The summed E-state index contributed by atoms with van der Waals surface area (Å²) in [6, 6.07) is 50.0. The fourth-order valence-corrected chi connectivity index (χ4v) is 6.74. The summed E-state index contributed by atoms with van der Waals surface area (Å²) in [4.78, 5) is 15.6. The Labute approximate surface area is 273 Å². The third-order valence-electron chi connectivity index (χ3n) is 9.07. The molecular weight excluding hydrogens is 576 g/mol. The van der Waals surface area contributed by atoms with E-state index in [2.05, 4.69) is 121 Å². The van der Waals surface area contributed by atoms with Gasteiger partial charge in [-0.2, -0.15) is 0 Å². The maximum Gasteiger partial charge on any atom is 0.165 e. The number of rotatable bonds is 5. The second-order valence-corrected chi connectivity index (χ2v) is 12.0. The quantitative estimate of drug-likeness (QED) is 0.229. The van der Waals surface area contributed by atoms with Crippen molar-refractivity contribution in [1.29, 1.82) is 0 Å². The highest BCUT2D eigenvalue weighted by Crippen LogP contribution is 2.46. The van der Waals surface area contributed by atoms with Gasteiger partial charge in [0.25, 0.3) is 0 Å². The van der Waals surface area contributed by atoms with Crippen LogP contribution in [0.4, 0.5) is 0 Å². The van der Waals surface area contributed by atoms with Crippen LogP contribution < -0.4 is 20.5 Å².